The molecule has 2 saturated carbocycles. The number of ether oxygens (including phenoxy) is 1. The topological polar surface area (TPSA) is 102 Å². The average Bonchev–Trinajstić information content (AvgIpc) is 3.94. The number of hydrogen-bond acceptors (Lipinski definition) is 8. The van der Waals surface area contributed by atoms with E-state index in [9.17, 15) is 18.0 Å². The van der Waals surface area contributed by atoms with Crippen molar-refractivity contribution >= 4 is 11.7 Å². The lowest BCUT2D eigenvalue weighted by Gasteiger charge is -2.37. The molecule has 13 heteroatoms. The van der Waals surface area contributed by atoms with E-state index in [0.717, 1.165) is 48.7 Å². The lowest BCUT2D eigenvalue weighted by Crippen LogP contribution is -2.48. The van der Waals surface area contributed by atoms with Gasteiger partial charge >= 0.3 is 6.18 Å². The Labute approximate surface area is 258 Å². The van der Waals surface area contributed by atoms with Crippen LogP contribution in [0.15, 0.2) is 43.0 Å². The maximum Gasteiger partial charge on any atom is 0.434 e. The number of alkyl halides is 3. The number of amides is 1. The molecule has 1 aliphatic heterocycles. The highest BCUT2D eigenvalue weighted by molar-refractivity contribution is 5.85. The van der Waals surface area contributed by atoms with Crippen LogP contribution < -0.4 is 9.64 Å². The molecule has 10 nitrogen and oxygen atoms in total. The standard InChI is InChI=1S/C32H33F3N8O2/c1-31(2)22-13-36-27(25-26(19-9-10-19)37-17-38-30(25)45-4)40-29(22)42(16-24(44)43(31)21-11-12-21)14-18-5-7-20(8-6-18)28-39-23(15-41(28)3)32(33,34)35/h5-8,13,15,17,19,21H,9-12,14,16H2,1-4H3. The van der Waals surface area contributed by atoms with E-state index >= 15 is 0 Å². The quantitative estimate of drug-likeness (QED) is 0.268. The first-order valence-corrected chi connectivity index (χ1v) is 15.0. The van der Waals surface area contributed by atoms with Crippen molar-refractivity contribution in [1.82, 2.24) is 34.4 Å². The molecule has 1 aromatic carbocycles. The number of carbonyl (C=O) groups is 1. The zero-order valence-electron chi connectivity index (χ0n) is 25.5. The molecule has 7 rings (SSSR count). The summed E-state index contributed by atoms with van der Waals surface area (Å²) in [5.41, 5.74) is 2.17. The van der Waals surface area contributed by atoms with Gasteiger partial charge in [0, 0.05) is 49.1 Å². The molecule has 0 radical (unpaired) electrons. The Bertz CT molecular complexity index is 1780. The van der Waals surface area contributed by atoms with Crippen molar-refractivity contribution in [3.63, 3.8) is 0 Å². The van der Waals surface area contributed by atoms with Gasteiger partial charge in [-0.15, -0.1) is 0 Å². The lowest BCUT2D eigenvalue weighted by molar-refractivity contribution is -0.141. The Morgan fingerprint density at radius 3 is 2.38 bits per heavy atom. The van der Waals surface area contributed by atoms with Gasteiger partial charge in [-0.2, -0.15) is 13.2 Å². The van der Waals surface area contributed by atoms with Gasteiger partial charge in [0.05, 0.1) is 24.9 Å². The van der Waals surface area contributed by atoms with Crippen molar-refractivity contribution in [3.8, 4) is 28.7 Å². The number of fused-ring (bicyclic) bond motifs is 1. The van der Waals surface area contributed by atoms with Crippen molar-refractivity contribution in [2.45, 2.75) is 69.8 Å². The number of benzene rings is 1. The van der Waals surface area contributed by atoms with Gasteiger partial charge in [-0.05, 0) is 45.1 Å². The summed E-state index contributed by atoms with van der Waals surface area (Å²) in [5.74, 6) is 1.99. The Kier molecular flexibility index (Phi) is 6.82. The molecule has 0 bridgehead atoms. The molecule has 0 spiro atoms. The van der Waals surface area contributed by atoms with Gasteiger partial charge in [-0.1, -0.05) is 24.3 Å². The van der Waals surface area contributed by atoms with Crippen molar-refractivity contribution in [1.29, 1.82) is 0 Å². The van der Waals surface area contributed by atoms with Crippen molar-refractivity contribution < 1.29 is 22.7 Å². The molecule has 3 aromatic heterocycles. The molecule has 0 N–H and O–H groups in total. The summed E-state index contributed by atoms with van der Waals surface area (Å²) < 4.78 is 46.7. The van der Waals surface area contributed by atoms with Crippen LogP contribution in [0.4, 0.5) is 19.0 Å². The lowest BCUT2D eigenvalue weighted by atomic mass is 9.93. The molecular weight excluding hydrogens is 585 g/mol. The number of carbonyl (C=O) groups excluding carboxylic acids is 1. The van der Waals surface area contributed by atoms with E-state index in [0.29, 0.717) is 41.1 Å². The Balaban J connectivity index is 1.28. The molecule has 0 saturated heterocycles. The zero-order chi connectivity index (χ0) is 31.7. The second kappa shape index (κ2) is 10.5. The third-order valence-corrected chi connectivity index (χ3v) is 8.81. The third kappa shape index (κ3) is 5.27. The van der Waals surface area contributed by atoms with Crippen LogP contribution in [0.2, 0.25) is 0 Å². The van der Waals surface area contributed by atoms with Gasteiger partial charge in [0.1, 0.15) is 23.5 Å². The number of nitrogens with zero attached hydrogens (tertiary/aromatic N) is 8. The Morgan fingerprint density at radius 2 is 1.76 bits per heavy atom. The van der Waals surface area contributed by atoms with Gasteiger partial charge in [0.25, 0.3) is 0 Å². The normalized spacial score (nSPS) is 18.2. The van der Waals surface area contributed by atoms with Crippen molar-refractivity contribution in [3.05, 3.63) is 65.5 Å². The monoisotopic (exact) mass is 618 g/mol. The van der Waals surface area contributed by atoms with E-state index in [4.69, 9.17) is 14.7 Å². The number of anilines is 1. The van der Waals surface area contributed by atoms with Gasteiger partial charge in [0.15, 0.2) is 11.5 Å². The second-order valence-corrected chi connectivity index (χ2v) is 12.5. The second-order valence-electron chi connectivity index (χ2n) is 12.5. The fourth-order valence-corrected chi connectivity index (χ4v) is 6.31. The number of methoxy groups -OCH3 is 1. The highest BCUT2D eigenvalue weighted by Gasteiger charge is 2.47. The van der Waals surface area contributed by atoms with Crippen molar-refractivity contribution in [2.75, 3.05) is 18.6 Å². The molecular formula is C32H33F3N8O2. The van der Waals surface area contributed by atoms with Crippen molar-refractivity contribution in [2.24, 2.45) is 7.05 Å². The molecule has 3 aliphatic rings. The SMILES string of the molecule is COc1ncnc(C2CC2)c1-c1ncc2c(n1)N(Cc1ccc(-c3nc(C(F)(F)F)cn3C)cc1)CC(=O)N(C1CC1)C2(C)C. The average molecular weight is 619 g/mol. The van der Waals surface area contributed by atoms with Crippen LogP contribution in [0.25, 0.3) is 22.8 Å². The summed E-state index contributed by atoms with van der Waals surface area (Å²) in [5, 5.41) is 0. The molecule has 0 atom stereocenters. The fourth-order valence-electron chi connectivity index (χ4n) is 6.31. The first kappa shape index (κ1) is 29.2. The minimum Gasteiger partial charge on any atom is -0.480 e. The molecule has 1 amide bonds. The number of aromatic nitrogens is 6. The minimum absolute atomic E-state index is 0.00524. The van der Waals surface area contributed by atoms with Gasteiger partial charge in [-0.25, -0.2) is 24.9 Å². The van der Waals surface area contributed by atoms with E-state index in [1.807, 2.05) is 42.0 Å². The predicted octanol–water partition coefficient (Wildman–Crippen LogP) is 5.49. The van der Waals surface area contributed by atoms with Crippen LogP contribution >= 0.6 is 0 Å². The van der Waals surface area contributed by atoms with Gasteiger partial charge < -0.3 is 19.1 Å². The highest BCUT2D eigenvalue weighted by Crippen LogP contribution is 2.47. The Hall–Kier alpha value is -4.55. The van der Waals surface area contributed by atoms with Gasteiger partial charge in [-0.3, -0.25) is 4.79 Å². The summed E-state index contributed by atoms with van der Waals surface area (Å²) in [6.07, 6.45) is 3.72. The smallest absolute Gasteiger partial charge is 0.434 e. The first-order chi connectivity index (χ1) is 21.5. The van der Waals surface area contributed by atoms with Crippen LogP contribution in [0.3, 0.4) is 0 Å². The highest BCUT2D eigenvalue weighted by atomic mass is 19.4. The van der Waals surface area contributed by atoms with Crippen LogP contribution in [0.1, 0.15) is 68.0 Å². The largest absolute Gasteiger partial charge is 0.480 e. The van der Waals surface area contributed by atoms with Crippen LogP contribution in [0, 0.1) is 0 Å². The van der Waals surface area contributed by atoms with Gasteiger partial charge in [0.2, 0.25) is 11.8 Å². The van der Waals surface area contributed by atoms with E-state index in [-0.39, 0.29) is 24.3 Å². The number of imidazole rings is 1. The number of halogens is 3. The zero-order valence-corrected chi connectivity index (χ0v) is 25.5. The molecule has 0 unspecified atom stereocenters. The fraction of sp³-hybridized carbons (Fsp3) is 0.438. The molecule has 45 heavy (non-hydrogen) atoms. The summed E-state index contributed by atoms with van der Waals surface area (Å²) in [7, 11) is 3.10. The van der Waals surface area contributed by atoms with E-state index < -0.39 is 17.4 Å². The van der Waals surface area contributed by atoms with E-state index in [1.54, 1.807) is 19.2 Å². The molecule has 234 valence electrons. The Morgan fingerprint density at radius 1 is 1.02 bits per heavy atom. The third-order valence-electron chi connectivity index (χ3n) is 8.81. The van der Waals surface area contributed by atoms with Crippen LogP contribution in [-0.4, -0.2) is 60.0 Å². The molecule has 2 aliphatic carbocycles. The maximum atomic E-state index is 13.8. The summed E-state index contributed by atoms with van der Waals surface area (Å²) in [6.45, 7) is 4.52. The summed E-state index contributed by atoms with van der Waals surface area (Å²) in [4.78, 5) is 40.4. The molecule has 2 fully saturated rings. The van der Waals surface area contributed by atoms with Crippen LogP contribution in [0.5, 0.6) is 5.88 Å². The molecule has 4 aromatic rings. The predicted molar refractivity (Wildman–Crippen MR) is 159 cm³/mol. The minimum atomic E-state index is -4.53. The summed E-state index contributed by atoms with van der Waals surface area (Å²) >= 11 is 0. The number of rotatable bonds is 7. The summed E-state index contributed by atoms with van der Waals surface area (Å²) in [6, 6.07) is 7.36. The maximum absolute atomic E-state index is 13.8. The first-order valence-electron chi connectivity index (χ1n) is 15.0. The number of aryl methyl sites for hydroxylation is 1. The van der Waals surface area contributed by atoms with E-state index in [2.05, 4.69) is 15.0 Å². The van der Waals surface area contributed by atoms with Crippen LogP contribution in [-0.2, 0) is 30.1 Å². The number of hydrogen-bond donors (Lipinski definition) is 0. The molecule has 4 heterocycles. The van der Waals surface area contributed by atoms with E-state index in [1.165, 1.54) is 17.9 Å².